The van der Waals surface area contributed by atoms with E-state index in [9.17, 15) is 13.2 Å². The molecule has 1 rings (SSSR count). The Morgan fingerprint density at radius 1 is 1.47 bits per heavy atom. The highest BCUT2D eigenvalue weighted by atomic mass is 19.4. The van der Waals surface area contributed by atoms with E-state index >= 15 is 0 Å². The van der Waals surface area contributed by atoms with Gasteiger partial charge in [-0.3, -0.25) is 0 Å². The SMILES string of the molecule is CCCNCc1cn(CC(F)(F)F)cn1. The predicted octanol–water partition coefficient (Wildman–Crippen LogP) is 1.95. The second-order valence-corrected chi connectivity index (χ2v) is 3.33. The molecule has 0 spiro atoms. The minimum Gasteiger partial charge on any atom is -0.328 e. The summed E-state index contributed by atoms with van der Waals surface area (Å²) in [6.45, 7) is 2.40. The average molecular weight is 221 g/mol. The number of hydrogen-bond donors (Lipinski definition) is 1. The summed E-state index contributed by atoms with van der Waals surface area (Å²) in [5.41, 5.74) is 0.632. The van der Waals surface area contributed by atoms with Gasteiger partial charge < -0.3 is 9.88 Å². The number of alkyl halides is 3. The first kappa shape index (κ1) is 12.0. The highest BCUT2D eigenvalue weighted by molar-refractivity contribution is 4.96. The number of imidazole rings is 1. The van der Waals surface area contributed by atoms with Crippen LogP contribution in [0.15, 0.2) is 12.5 Å². The monoisotopic (exact) mass is 221 g/mol. The molecule has 6 heteroatoms. The molecular formula is C9H14F3N3. The van der Waals surface area contributed by atoms with Crippen LogP contribution in [0.5, 0.6) is 0 Å². The maximum Gasteiger partial charge on any atom is 0.406 e. The van der Waals surface area contributed by atoms with Crippen LogP contribution in [0.2, 0.25) is 0 Å². The standard InChI is InChI=1S/C9H14F3N3/c1-2-3-13-4-8-5-15(7-14-8)6-9(10,11)12/h5,7,13H,2-4,6H2,1H3. The highest BCUT2D eigenvalue weighted by Crippen LogP contribution is 2.17. The van der Waals surface area contributed by atoms with E-state index < -0.39 is 12.7 Å². The van der Waals surface area contributed by atoms with Crippen LogP contribution in [0.25, 0.3) is 0 Å². The molecule has 15 heavy (non-hydrogen) atoms. The van der Waals surface area contributed by atoms with E-state index in [1.165, 1.54) is 12.5 Å². The first-order chi connectivity index (χ1) is 7.01. The zero-order valence-electron chi connectivity index (χ0n) is 8.51. The Bertz CT molecular complexity index is 293. The normalized spacial score (nSPS) is 12.0. The van der Waals surface area contributed by atoms with Crippen molar-refractivity contribution in [3.05, 3.63) is 18.2 Å². The summed E-state index contributed by atoms with van der Waals surface area (Å²) in [5, 5.41) is 3.07. The van der Waals surface area contributed by atoms with Gasteiger partial charge in [0.1, 0.15) is 6.54 Å². The summed E-state index contributed by atoms with van der Waals surface area (Å²) < 4.78 is 37.0. The Kier molecular flexibility index (Phi) is 4.14. The van der Waals surface area contributed by atoms with Gasteiger partial charge in [0.15, 0.2) is 0 Å². The van der Waals surface area contributed by atoms with Crippen molar-refractivity contribution in [1.29, 1.82) is 0 Å². The molecule has 0 atom stereocenters. The van der Waals surface area contributed by atoms with Crippen molar-refractivity contribution in [2.45, 2.75) is 32.6 Å². The molecule has 1 aromatic heterocycles. The minimum absolute atomic E-state index is 0.513. The van der Waals surface area contributed by atoms with Gasteiger partial charge in [-0.15, -0.1) is 0 Å². The van der Waals surface area contributed by atoms with Crippen molar-refractivity contribution in [1.82, 2.24) is 14.9 Å². The lowest BCUT2D eigenvalue weighted by molar-refractivity contribution is -0.140. The van der Waals surface area contributed by atoms with E-state index in [-0.39, 0.29) is 0 Å². The molecule has 0 saturated heterocycles. The number of rotatable bonds is 5. The van der Waals surface area contributed by atoms with E-state index in [0.717, 1.165) is 17.5 Å². The quantitative estimate of drug-likeness (QED) is 0.770. The van der Waals surface area contributed by atoms with Crippen LogP contribution in [0.3, 0.4) is 0 Å². The Labute approximate surface area is 86.3 Å². The van der Waals surface area contributed by atoms with Crippen LogP contribution in [0, 0.1) is 0 Å². The van der Waals surface area contributed by atoms with Gasteiger partial charge in [0.05, 0.1) is 12.0 Å². The first-order valence-corrected chi connectivity index (χ1v) is 4.79. The number of hydrogen-bond acceptors (Lipinski definition) is 2. The van der Waals surface area contributed by atoms with Crippen molar-refractivity contribution in [3.63, 3.8) is 0 Å². The number of nitrogens with zero attached hydrogens (tertiary/aromatic N) is 2. The first-order valence-electron chi connectivity index (χ1n) is 4.79. The van der Waals surface area contributed by atoms with Crippen LogP contribution in [-0.4, -0.2) is 22.3 Å². The average Bonchev–Trinajstić information content (AvgIpc) is 2.50. The molecule has 1 heterocycles. The van der Waals surface area contributed by atoms with Gasteiger partial charge >= 0.3 is 6.18 Å². The third-order valence-corrected chi connectivity index (χ3v) is 1.78. The Balaban J connectivity index is 2.42. The van der Waals surface area contributed by atoms with Gasteiger partial charge in [-0.25, -0.2) is 4.98 Å². The van der Waals surface area contributed by atoms with Gasteiger partial charge in [-0.05, 0) is 13.0 Å². The van der Waals surface area contributed by atoms with Gasteiger partial charge in [-0.1, -0.05) is 6.92 Å². The van der Waals surface area contributed by atoms with Crippen molar-refractivity contribution in [2.75, 3.05) is 6.54 Å². The fourth-order valence-corrected chi connectivity index (χ4v) is 1.18. The van der Waals surface area contributed by atoms with E-state index in [1.54, 1.807) is 0 Å². The van der Waals surface area contributed by atoms with E-state index in [1.807, 2.05) is 6.92 Å². The summed E-state index contributed by atoms with van der Waals surface area (Å²) in [4.78, 5) is 3.87. The molecule has 0 bridgehead atoms. The summed E-state index contributed by atoms with van der Waals surface area (Å²) in [6.07, 6.45) is -0.579. The fourth-order valence-electron chi connectivity index (χ4n) is 1.18. The molecule has 0 aliphatic rings. The topological polar surface area (TPSA) is 29.9 Å². The smallest absolute Gasteiger partial charge is 0.328 e. The molecule has 0 amide bonds. The largest absolute Gasteiger partial charge is 0.406 e. The minimum atomic E-state index is -4.19. The van der Waals surface area contributed by atoms with Gasteiger partial charge in [-0.2, -0.15) is 13.2 Å². The molecule has 0 aromatic carbocycles. The summed E-state index contributed by atoms with van der Waals surface area (Å²) in [6, 6.07) is 0. The molecule has 86 valence electrons. The third-order valence-electron chi connectivity index (χ3n) is 1.78. The molecule has 1 N–H and O–H groups in total. The highest BCUT2D eigenvalue weighted by Gasteiger charge is 2.27. The molecule has 3 nitrogen and oxygen atoms in total. The van der Waals surface area contributed by atoms with Crippen molar-refractivity contribution >= 4 is 0 Å². The van der Waals surface area contributed by atoms with E-state index in [2.05, 4.69) is 10.3 Å². The predicted molar refractivity (Wildman–Crippen MR) is 50.3 cm³/mol. The second-order valence-electron chi connectivity index (χ2n) is 3.33. The molecule has 0 unspecified atom stereocenters. The third kappa shape index (κ3) is 4.83. The zero-order valence-corrected chi connectivity index (χ0v) is 8.51. The number of nitrogens with one attached hydrogen (secondary N) is 1. The Morgan fingerprint density at radius 3 is 2.80 bits per heavy atom. The van der Waals surface area contributed by atoms with Crippen LogP contribution >= 0.6 is 0 Å². The van der Waals surface area contributed by atoms with Crippen LogP contribution in [0.1, 0.15) is 19.0 Å². The lowest BCUT2D eigenvalue weighted by atomic mass is 10.4. The van der Waals surface area contributed by atoms with E-state index in [0.29, 0.717) is 12.2 Å². The lowest BCUT2D eigenvalue weighted by Gasteiger charge is -2.05. The zero-order chi connectivity index (χ0) is 11.3. The van der Waals surface area contributed by atoms with Crippen LogP contribution in [-0.2, 0) is 13.1 Å². The molecule has 0 aliphatic carbocycles. The molecule has 0 radical (unpaired) electrons. The molecule has 0 saturated carbocycles. The van der Waals surface area contributed by atoms with Crippen molar-refractivity contribution in [3.8, 4) is 0 Å². The summed E-state index contributed by atoms with van der Waals surface area (Å²) in [7, 11) is 0. The number of halogens is 3. The van der Waals surface area contributed by atoms with Gasteiger partial charge in [0, 0.05) is 12.7 Å². The van der Waals surface area contributed by atoms with E-state index in [4.69, 9.17) is 0 Å². The maximum absolute atomic E-state index is 12.0. The van der Waals surface area contributed by atoms with Crippen LogP contribution < -0.4 is 5.32 Å². The summed E-state index contributed by atoms with van der Waals surface area (Å²) in [5.74, 6) is 0. The lowest BCUT2D eigenvalue weighted by Crippen LogP contribution is -2.16. The molecule has 0 fully saturated rings. The van der Waals surface area contributed by atoms with Gasteiger partial charge in [0.25, 0.3) is 0 Å². The Morgan fingerprint density at radius 2 is 2.20 bits per heavy atom. The van der Waals surface area contributed by atoms with Crippen molar-refractivity contribution in [2.24, 2.45) is 0 Å². The molecule has 1 aromatic rings. The molecule has 0 aliphatic heterocycles. The summed E-state index contributed by atoms with van der Waals surface area (Å²) >= 11 is 0. The number of aromatic nitrogens is 2. The molecular weight excluding hydrogens is 207 g/mol. The maximum atomic E-state index is 12.0. The second kappa shape index (κ2) is 5.16. The Hall–Kier alpha value is -1.04. The van der Waals surface area contributed by atoms with Gasteiger partial charge in [0.2, 0.25) is 0 Å². The fraction of sp³-hybridized carbons (Fsp3) is 0.667. The van der Waals surface area contributed by atoms with Crippen molar-refractivity contribution < 1.29 is 13.2 Å². The van der Waals surface area contributed by atoms with Crippen LogP contribution in [0.4, 0.5) is 13.2 Å².